The first-order valence-electron chi connectivity index (χ1n) is 11.4. The van der Waals surface area contributed by atoms with Crippen LogP contribution in [0.2, 0.25) is 5.02 Å². The molecule has 0 saturated heterocycles. The van der Waals surface area contributed by atoms with E-state index in [1.807, 2.05) is 6.92 Å². The number of nitrogens with zero attached hydrogens (tertiary/aromatic N) is 4. The van der Waals surface area contributed by atoms with Gasteiger partial charge in [-0.25, -0.2) is 37.2 Å². The van der Waals surface area contributed by atoms with Crippen molar-refractivity contribution in [2.45, 2.75) is 49.6 Å². The molecule has 4 aromatic rings. The molecule has 0 unspecified atom stereocenters. The normalized spacial score (nSPS) is 18.4. The zero-order valence-corrected chi connectivity index (χ0v) is 20.9. The molecule has 1 aliphatic carbocycles. The molecular formula is C24H24ClFN6O3S. The minimum absolute atomic E-state index is 0.000804. The predicted octanol–water partition coefficient (Wildman–Crippen LogP) is 4.53. The number of halogens is 2. The van der Waals surface area contributed by atoms with Crippen molar-refractivity contribution in [3.05, 3.63) is 65.3 Å². The van der Waals surface area contributed by atoms with Crippen LogP contribution in [0.1, 0.15) is 31.2 Å². The third-order valence-electron chi connectivity index (χ3n) is 6.34. The Hall–Kier alpha value is -3.12. The molecule has 5 rings (SSSR count). The van der Waals surface area contributed by atoms with E-state index in [2.05, 4.69) is 25.7 Å². The van der Waals surface area contributed by atoms with E-state index in [-0.39, 0.29) is 34.3 Å². The topological polar surface area (TPSA) is 122 Å². The number of hydrogen-bond acceptors (Lipinski definition) is 8. The Bertz CT molecular complexity index is 1530. The average molecular weight is 531 g/mol. The largest absolute Gasteiger partial charge is 0.365 e. The van der Waals surface area contributed by atoms with Gasteiger partial charge in [0.2, 0.25) is 0 Å². The number of hydroxylamine groups is 1. The van der Waals surface area contributed by atoms with Crippen molar-refractivity contribution in [3.8, 4) is 11.4 Å². The van der Waals surface area contributed by atoms with E-state index >= 15 is 0 Å². The average Bonchev–Trinajstić information content (AvgIpc) is 3.25. The quantitative estimate of drug-likeness (QED) is 0.311. The minimum atomic E-state index is -4.00. The Kier molecular flexibility index (Phi) is 6.64. The molecule has 0 radical (unpaired) electrons. The zero-order valence-electron chi connectivity index (χ0n) is 19.3. The summed E-state index contributed by atoms with van der Waals surface area (Å²) in [7, 11) is -4.00. The van der Waals surface area contributed by atoms with Crippen LogP contribution in [0.3, 0.4) is 0 Å². The smallest absolute Gasteiger partial charge is 0.269 e. The van der Waals surface area contributed by atoms with Gasteiger partial charge in [-0.1, -0.05) is 29.3 Å². The van der Waals surface area contributed by atoms with E-state index in [0.717, 1.165) is 35.0 Å². The summed E-state index contributed by atoms with van der Waals surface area (Å²) in [5.41, 5.74) is 3.71. The fraction of sp³-hybridized carbons (Fsp3) is 0.292. The molecule has 9 nitrogen and oxygen atoms in total. The lowest BCUT2D eigenvalue weighted by Crippen LogP contribution is -2.37. The number of nitrogens with one attached hydrogen (secondary N) is 2. The molecule has 3 aromatic heterocycles. The van der Waals surface area contributed by atoms with E-state index in [1.165, 1.54) is 24.5 Å². The molecule has 2 atom stereocenters. The van der Waals surface area contributed by atoms with Gasteiger partial charge in [0.05, 0.1) is 16.1 Å². The maximum Gasteiger partial charge on any atom is 0.269 e. The molecule has 1 aromatic carbocycles. The van der Waals surface area contributed by atoms with Crippen molar-refractivity contribution in [1.29, 1.82) is 0 Å². The van der Waals surface area contributed by atoms with Crippen molar-refractivity contribution in [2.24, 2.45) is 0 Å². The number of benzene rings is 1. The Balaban J connectivity index is 1.59. The number of aromatic nitrogens is 4. The van der Waals surface area contributed by atoms with Crippen molar-refractivity contribution < 1.29 is 18.0 Å². The molecular weight excluding hydrogens is 507 g/mol. The second-order valence-electron chi connectivity index (χ2n) is 8.91. The monoisotopic (exact) mass is 530 g/mol. The molecule has 36 heavy (non-hydrogen) atoms. The molecule has 1 aliphatic rings. The fourth-order valence-corrected chi connectivity index (χ4v) is 5.95. The summed E-state index contributed by atoms with van der Waals surface area (Å²) in [6.07, 6.45) is 6.88. The second kappa shape index (κ2) is 9.74. The van der Waals surface area contributed by atoms with Gasteiger partial charge in [0.1, 0.15) is 0 Å². The summed E-state index contributed by atoms with van der Waals surface area (Å²) in [6.45, 7) is 1.87. The molecule has 0 spiro atoms. The lowest BCUT2D eigenvalue weighted by molar-refractivity contribution is 0.104. The maximum absolute atomic E-state index is 14.7. The Morgan fingerprint density at radius 2 is 1.89 bits per heavy atom. The number of pyridine rings is 1. The van der Waals surface area contributed by atoms with Crippen molar-refractivity contribution >= 4 is 38.5 Å². The van der Waals surface area contributed by atoms with E-state index in [1.54, 1.807) is 18.2 Å². The van der Waals surface area contributed by atoms with Crippen LogP contribution in [0.5, 0.6) is 0 Å². The van der Waals surface area contributed by atoms with Crippen LogP contribution in [-0.2, 0) is 10.0 Å². The van der Waals surface area contributed by atoms with Gasteiger partial charge >= 0.3 is 0 Å². The number of aryl methyl sites for hydroxylation is 1. The van der Waals surface area contributed by atoms with E-state index in [9.17, 15) is 18.0 Å². The van der Waals surface area contributed by atoms with Crippen LogP contribution in [0.4, 0.5) is 10.2 Å². The molecule has 1 fully saturated rings. The summed E-state index contributed by atoms with van der Waals surface area (Å²) in [5.74, 6) is -0.510. The van der Waals surface area contributed by atoms with Crippen LogP contribution in [0.15, 0.2) is 53.8 Å². The summed E-state index contributed by atoms with van der Waals surface area (Å²) in [6, 6.07) is 7.89. The first-order chi connectivity index (χ1) is 17.3. The van der Waals surface area contributed by atoms with Gasteiger partial charge in [0.15, 0.2) is 23.1 Å². The number of rotatable bonds is 6. The highest BCUT2D eigenvalue weighted by molar-refractivity contribution is 7.90. The van der Waals surface area contributed by atoms with Crippen LogP contribution in [0, 0.1) is 12.7 Å². The molecule has 0 amide bonds. The molecule has 0 bridgehead atoms. The van der Waals surface area contributed by atoms with Crippen molar-refractivity contribution in [2.75, 3.05) is 5.32 Å². The molecule has 3 heterocycles. The van der Waals surface area contributed by atoms with Gasteiger partial charge < -0.3 is 10.5 Å². The zero-order chi connectivity index (χ0) is 25.4. The summed E-state index contributed by atoms with van der Waals surface area (Å²) < 4.78 is 42.7. The van der Waals surface area contributed by atoms with Gasteiger partial charge in [-0.15, -0.1) is 0 Å². The number of fused-ring (bicyclic) bond motifs is 1. The van der Waals surface area contributed by atoms with Crippen molar-refractivity contribution in [3.63, 3.8) is 0 Å². The van der Waals surface area contributed by atoms with E-state index in [4.69, 9.17) is 11.6 Å². The van der Waals surface area contributed by atoms with Crippen LogP contribution >= 0.6 is 11.6 Å². The maximum atomic E-state index is 14.7. The summed E-state index contributed by atoms with van der Waals surface area (Å²) >= 11 is 6.19. The van der Waals surface area contributed by atoms with Gasteiger partial charge in [-0.3, -0.25) is 0 Å². The van der Waals surface area contributed by atoms with E-state index < -0.39 is 15.8 Å². The third kappa shape index (κ3) is 4.66. The Labute approximate surface area is 212 Å². The number of hydrogen-bond donors (Lipinski definition) is 3. The molecule has 12 heteroatoms. The fourth-order valence-electron chi connectivity index (χ4n) is 4.47. The standard InChI is InChI=1S/C24H24ClFN6O3S/c1-14-5-7-18(8-6-14)36(34,35)32-13-20(19-9-15(25)11-28-24(19)32)22-27-12-21(26)23(30-22)29-16-3-2-4-17(10-16)31-33/h5-9,11-13,16-17,31,33H,2-4,10H2,1H3,(H,27,29,30)/t16-,17-/m0/s1. The highest BCUT2D eigenvalue weighted by Gasteiger charge is 2.26. The highest BCUT2D eigenvalue weighted by atomic mass is 35.5. The highest BCUT2D eigenvalue weighted by Crippen LogP contribution is 2.33. The first kappa shape index (κ1) is 24.6. The van der Waals surface area contributed by atoms with Crippen LogP contribution in [0.25, 0.3) is 22.4 Å². The Morgan fingerprint density at radius 3 is 2.64 bits per heavy atom. The SMILES string of the molecule is Cc1ccc(S(=O)(=O)n2cc(-c3ncc(F)c(N[C@H]4CCC[C@H](NO)C4)n3)c3cc(Cl)cnc32)cc1. The molecule has 188 valence electrons. The van der Waals surface area contributed by atoms with Crippen molar-refractivity contribution in [1.82, 2.24) is 24.4 Å². The van der Waals surface area contributed by atoms with E-state index in [0.29, 0.717) is 22.4 Å². The van der Waals surface area contributed by atoms with Crippen LogP contribution < -0.4 is 10.8 Å². The Morgan fingerprint density at radius 1 is 1.14 bits per heavy atom. The first-order valence-corrected chi connectivity index (χ1v) is 13.3. The lowest BCUT2D eigenvalue weighted by Gasteiger charge is -2.29. The van der Waals surface area contributed by atoms with Gasteiger partial charge in [-0.2, -0.15) is 0 Å². The van der Waals surface area contributed by atoms with Gasteiger partial charge in [0, 0.05) is 35.4 Å². The van der Waals surface area contributed by atoms with Gasteiger partial charge in [-0.05, 0) is 50.8 Å². The van der Waals surface area contributed by atoms with Gasteiger partial charge in [0.25, 0.3) is 10.0 Å². The lowest BCUT2D eigenvalue weighted by atomic mass is 9.91. The minimum Gasteiger partial charge on any atom is -0.365 e. The molecule has 3 N–H and O–H groups in total. The summed E-state index contributed by atoms with van der Waals surface area (Å²) in [4.78, 5) is 12.9. The third-order valence-corrected chi connectivity index (χ3v) is 8.21. The summed E-state index contributed by atoms with van der Waals surface area (Å²) in [5, 5.41) is 13.1. The van der Waals surface area contributed by atoms with Crippen LogP contribution in [-0.4, -0.2) is 44.6 Å². The number of anilines is 1. The predicted molar refractivity (Wildman–Crippen MR) is 134 cm³/mol. The molecule has 0 aliphatic heterocycles. The molecule has 1 saturated carbocycles. The second-order valence-corrected chi connectivity index (χ2v) is 11.2.